The molecule has 2 atom stereocenters. The van der Waals surface area contributed by atoms with Gasteiger partial charge in [-0.2, -0.15) is 0 Å². The van der Waals surface area contributed by atoms with Crippen LogP contribution in [0, 0.1) is 0 Å². The van der Waals surface area contributed by atoms with E-state index >= 15 is 0 Å². The van der Waals surface area contributed by atoms with Crippen molar-refractivity contribution in [3.8, 4) is 5.75 Å². The molecule has 1 fully saturated rings. The number of carbonyl (C=O) groups excluding carboxylic acids is 1. The molecule has 1 aliphatic rings. The van der Waals surface area contributed by atoms with Crippen LogP contribution in [0.15, 0.2) is 24.3 Å². The Morgan fingerprint density at radius 2 is 1.74 bits per heavy atom. The number of ether oxygens (including phenoxy) is 2. The third-order valence-corrected chi connectivity index (χ3v) is 5.00. The molecule has 1 aliphatic heterocycles. The molecule has 0 aromatic heterocycles. The molecule has 1 saturated heterocycles. The van der Waals surface area contributed by atoms with E-state index in [4.69, 9.17) is 9.47 Å². The van der Waals surface area contributed by atoms with Crippen LogP contribution in [0.4, 0.5) is 4.79 Å². The van der Waals surface area contributed by atoms with Crippen LogP contribution in [-0.2, 0) is 14.9 Å². The molecule has 0 spiro atoms. The predicted octanol–water partition coefficient (Wildman–Crippen LogP) is 4.22. The van der Waals surface area contributed by atoms with E-state index in [1.807, 2.05) is 24.3 Å². The molecule has 1 aromatic rings. The molecule has 27 heavy (non-hydrogen) atoms. The van der Waals surface area contributed by atoms with Crippen molar-refractivity contribution in [3.05, 3.63) is 29.8 Å². The number of hydrogen-bond acceptors (Lipinski definition) is 4. The lowest BCUT2D eigenvalue weighted by Crippen LogP contribution is -2.43. The first-order valence-electron chi connectivity index (χ1n) is 9.42. The Kier molecular flexibility index (Phi) is 6.07. The quantitative estimate of drug-likeness (QED) is 0.831. The van der Waals surface area contributed by atoms with E-state index in [1.54, 1.807) is 20.8 Å². The fourth-order valence-electron chi connectivity index (χ4n) is 3.02. The van der Waals surface area contributed by atoms with Crippen LogP contribution in [0.5, 0.6) is 5.75 Å². The molecule has 2 rings (SSSR count). The summed E-state index contributed by atoms with van der Waals surface area (Å²) in [6.07, 6.45) is 0.252. The summed E-state index contributed by atoms with van der Waals surface area (Å²) in [4.78, 5) is 25.2. The van der Waals surface area contributed by atoms with Crippen molar-refractivity contribution >= 4 is 12.1 Å². The lowest BCUT2D eigenvalue weighted by Gasteiger charge is -2.26. The highest BCUT2D eigenvalue weighted by Gasteiger charge is 2.42. The summed E-state index contributed by atoms with van der Waals surface area (Å²) in [6, 6.07) is 6.93. The van der Waals surface area contributed by atoms with Gasteiger partial charge in [0.25, 0.3) is 0 Å². The number of carbonyl (C=O) groups is 2. The first kappa shape index (κ1) is 21.1. The first-order valence-corrected chi connectivity index (χ1v) is 9.42. The van der Waals surface area contributed by atoms with Crippen molar-refractivity contribution in [3.63, 3.8) is 0 Å². The Hall–Kier alpha value is -2.24. The van der Waals surface area contributed by atoms with Gasteiger partial charge in [-0.1, -0.05) is 32.9 Å². The fourth-order valence-corrected chi connectivity index (χ4v) is 3.02. The van der Waals surface area contributed by atoms with Crippen LogP contribution in [0.1, 0.15) is 59.9 Å². The summed E-state index contributed by atoms with van der Waals surface area (Å²) in [7, 11) is 0. The number of carboxylic acids is 1. The third kappa shape index (κ3) is 5.37. The molecule has 6 heteroatoms. The van der Waals surface area contributed by atoms with Gasteiger partial charge in [-0.15, -0.1) is 0 Å². The largest absolute Gasteiger partial charge is 0.488 e. The summed E-state index contributed by atoms with van der Waals surface area (Å²) in [6.45, 7) is 12.0. The first-order chi connectivity index (χ1) is 12.4. The number of benzene rings is 1. The second-order valence-electron chi connectivity index (χ2n) is 8.72. The molecule has 150 valence electrons. The zero-order valence-electron chi connectivity index (χ0n) is 17.1. The smallest absolute Gasteiger partial charge is 0.411 e. The molecule has 0 aliphatic carbocycles. The Morgan fingerprint density at radius 3 is 2.22 bits per heavy atom. The second-order valence-corrected chi connectivity index (χ2v) is 8.72. The van der Waals surface area contributed by atoms with Crippen molar-refractivity contribution in [1.29, 1.82) is 0 Å². The van der Waals surface area contributed by atoms with Crippen LogP contribution in [-0.4, -0.2) is 46.4 Å². The van der Waals surface area contributed by atoms with E-state index in [9.17, 15) is 14.7 Å². The SMILES string of the molecule is CCC(C)(C)c1ccc(OC2CC(C(=O)O)N(C(=O)OC(C)(C)C)C2)cc1. The molecule has 1 N–H and O–H groups in total. The molecule has 2 unspecified atom stereocenters. The van der Waals surface area contributed by atoms with Crippen LogP contribution in [0.2, 0.25) is 0 Å². The average Bonchev–Trinajstić information content (AvgIpc) is 2.98. The predicted molar refractivity (Wildman–Crippen MR) is 103 cm³/mol. The number of rotatable bonds is 5. The summed E-state index contributed by atoms with van der Waals surface area (Å²) < 4.78 is 11.3. The van der Waals surface area contributed by atoms with Crippen molar-refractivity contribution in [1.82, 2.24) is 4.90 Å². The monoisotopic (exact) mass is 377 g/mol. The van der Waals surface area contributed by atoms with E-state index in [2.05, 4.69) is 20.8 Å². The summed E-state index contributed by atoms with van der Waals surface area (Å²) in [5.74, 6) is -0.377. The lowest BCUT2D eigenvalue weighted by molar-refractivity contribution is -0.142. The zero-order chi connectivity index (χ0) is 20.4. The highest BCUT2D eigenvalue weighted by molar-refractivity contribution is 5.81. The van der Waals surface area contributed by atoms with Crippen LogP contribution in [0.3, 0.4) is 0 Å². The molecule has 0 bridgehead atoms. The van der Waals surface area contributed by atoms with E-state index < -0.39 is 23.7 Å². The Bertz CT molecular complexity index is 675. The highest BCUT2D eigenvalue weighted by atomic mass is 16.6. The molecular weight excluding hydrogens is 346 g/mol. The number of carboxylic acid groups (broad SMARTS) is 1. The van der Waals surface area contributed by atoms with Crippen molar-refractivity contribution in [2.45, 2.75) is 77.5 Å². The Labute approximate surface area is 161 Å². The van der Waals surface area contributed by atoms with Crippen LogP contribution < -0.4 is 4.74 Å². The maximum Gasteiger partial charge on any atom is 0.411 e. The summed E-state index contributed by atoms with van der Waals surface area (Å²) in [5, 5.41) is 9.46. The minimum atomic E-state index is -1.05. The van der Waals surface area contributed by atoms with Crippen LogP contribution >= 0.6 is 0 Å². The summed E-state index contributed by atoms with van der Waals surface area (Å²) in [5.41, 5.74) is 0.636. The topological polar surface area (TPSA) is 76.1 Å². The zero-order valence-corrected chi connectivity index (χ0v) is 17.1. The molecule has 1 amide bonds. The maximum absolute atomic E-state index is 12.3. The van der Waals surface area contributed by atoms with Gasteiger partial charge in [-0.3, -0.25) is 4.90 Å². The number of amides is 1. The van der Waals surface area contributed by atoms with Gasteiger partial charge in [-0.25, -0.2) is 9.59 Å². The number of hydrogen-bond donors (Lipinski definition) is 1. The summed E-state index contributed by atoms with van der Waals surface area (Å²) >= 11 is 0. The van der Waals surface area contributed by atoms with Gasteiger partial charge in [0.05, 0.1) is 6.54 Å². The normalized spacial score (nSPS) is 20.4. The van der Waals surface area contributed by atoms with E-state index in [0.29, 0.717) is 5.75 Å². The minimum absolute atomic E-state index is 0.0911. The van der Waals surface area contributed by atoms with Gasteiger partial charge >= 0.3 is 12.1 Å². The Morgan fingerprint density at radius 1 is 1.15 bits per heavy atom. The van der Waals surface area contributed by atoms with Crippen molar-refractivity contribution in [2.75, 3.05) is 6.54 Å². The lowest BCUT2D eigenvalue weighted by atomic mass is 9.82. The standard InChI is InChI=1S/C21H31NO5/c1-7-21(5,6)14-8-10-15(11-9-14)26-16-12-17(18(23)24)22(13-16)19(25)27-20(2,3)4/h8-11,16-17H,7,12-13H2,1-6H3,(H,23,24). The van der Waals surface area contributed by atoms with Crippen LogP contribution in [0.25, 0.3) is 0 Å². The number of nitrogens with zero attached hydrogens (tertiary/aromatic N) is 1. The molecule has 0 radical (unpaired) electrons. The van der Waals surface area contributed by atoms with Gasteiger partial charge in [0.15, 0.2) is 0 Å². The van der Waals surface area contributed by atoms with E-state index in [-0.39, 0.29) is 24.5 Å². The maximum atomic E-state index is 12.3. The van der Waals surface area contributed by atoms with Gasteiger partial charge < -0.3 is 14.6 Å². The third-order valence-electron chi connectivity index (χ3n) is 5.00. The number of likely N-dealkylation sites (tertiary alicyclic amines) is 1. The highest BCUT2D eigenvalue weighted by Crippen LogP contribution is 2.30. The molecule has 6 nitrogen and oxygen atoms in total. The van der Waals surface area contributed by atoms with Crippen molar-refractivity contribution in [2.24, 2.45) is 0 Å². The molecular formula is C21H31NO5. The van der Waals surface area contributed by atoms with E-state index in [0.717, 1.165) is 6.42 Å². The fraction of sp³-hybridized carbons (Fsp3) is 0.619. The molecule has 1 aromatic carbocycles. The van der Waals surface area contributed by atoms with Gasteiger partial charge in [0.1, 0.15) is 23.5 Å². The van der Waals surface area contributed by atoms with Gasteiger partial charge in [0, 0.05) is 6.42 Å². The molecule has 0 saturated carbocycles. The van der Waals surface area contributed by atoms with Gasteiger partial charge in [-0.05, 0) is 50.3 Å². The second kappa shape index (κ2) is 7.79. The van der Waals surface area contributed by atoms with Gasteiger partial charge in [0.2, 0.25) is 0 Å². The molecule has 1 heterocycles. The average molecular weight is 377 g/mol. The minimum Gasteiger partial charge on any atom is -0.488 e. The van der Waals surface area contributed by atoms with Crippen molar-refractivity contribution < 1.29 is 24.2 Å². The Balaban J connectivity index is 2.07. The van der Waals surface area contributed by atoms with E-state index in [1.165, 1.54) is 10.5 Å². The number of aliphatic carboxylic acids is 1.